The number of nitrogens with zero attached hydrogens (tertiary/aromatic N) is 3. The zero-order valence-electron chi connectivity index (χ0n) is 16.1. The van der Waals surface area contributed by atoms with Gasteiger partial charge in [0.1, 0.15) is 11.6 Å². The van der Waals surface area contributed by atoms with Crippen LogP contribution in [-0.2, 0) is 0 Å². The van der Waals surface area contributed by atoms with Crippen LogP contribution in [0.5, 0.6) is 0 Å². The van der Waals surface area contributed by atoms with Crippen molar-refractivity contribution in [2.24, 2.45) is 0 Å². The van der Waals surface area contributed by atoms with Crippen LogP contribution in [-0.4, -0.2) is 14.6 Å². The van der Waals surface area contributed by atoms with E-state index < -0.39 is 11.6 Å². The predicted molar refractivity (Wildman–Crippen MR) is 97.2 cm³/mol. The van der Waals surface area contributed by atoms with Crippen molar-refractivity contribution in [2.75, 3.05) is 0 Å². The molecule has 2 aromatic carbocycles. The van der Waals surface area contributed by atoms with Crippen LogP contribution < -0.4 is 35.1 Å². The summed E-state index contributed by atoms with van der Waals surface area (Å²) in [5.41, 5.74) is 2.48. The molecule has 0 radical (unpaired) electrons. The molecule has 0 spiro atoms. The number of benzene rings is 2. The van der Waals surface area contributed by atoms with Crippen LogP contribution in [0.4, 0.5) is 8.78 Å². The van der Waals surface area contributed by atoms with Crippen LogP contribution in [0.1, 0.15) is 12.7 Å². The fourth-order valence-electron chi connectivity index (χ4n) is 3.03. The van der Waals surface area contributed by atoms with E-state index in [-0.39, 0.29) is 47.8 Å². The molecule has 2 aromatic heterocycles. The molecule has 4 rings (SSSR count). The summed E-state index contributed by atoms with van der Waals surface area (Å²) in [6.45, 7) is 1.69. The average molecular weight is 386 g/mol. The fourth-order valence-corrected chi connectivity index (χ4v) is 3.03. The standard InChI is InChI=1S/C20H12F2N4O.Na.H/c1-11-19(15-7-6-14(21)8-16(15)22)20-24-17(9-18(27)26(20)25-11)13-4-2-12(10-23)3-5-13;;/h2-9,25H,1H3;;/q;+1;-1. The third-order valence-electron chi connectivity index (χ3n) is 4.31. The first-order valence-electron chi connectivity index (χ1n) is 8.06. The molecule has 0 atom stereocenters. The molecule has 0 saturated carbocycles. The molecule has 0 aliphatic rings. The third-order valence-corrected chi connectivity index (χ3v) is 4.31. The van der Waals surface area contributed by atoms with Gasteiger partial charge >= 0.3 is 29.6 Å². The zero-order valence-corrected chi connectivity index (χ0v) is 17.1. The van der Waals surface area contributed by atoms with Gasteiger partial charge in [0, 0.05) is 34.5 Å². The molecule has 2 heterocycles. The van der Waals surface area contributed by atoms with Crippen molar-refractivity contribution < 1.29 is 39.8 Å². The predicted octanol–water partition coefficient (Wildman–Crippen LogP) is 0.931. The first-order chi connectivity index (χ1) is 13.0. The Morgan fingerprint density at radius 2 is 1.86 bits per heavy atom. The second-order valence-electron chi connectivity index (χ2n) is 6.06. The summed E-state index contributed by atoms with van der Waals surface area (Å²) in [6.07, 6.45) is 0. The Hall–Kier alpha value is -2.79. The quantitative estimate of drug-likeness (QED) is 0.521. The molecule has 134 valence electrons. The Bertz CT molecular complexity index is 1290. The molecule has 5 nitrogen and oxygen atoms in total. The molecule has 1 N–H and O–H groups in total. The summed E-state index contributed by atoms with van der Waals surface area (Å²) >= 11 is 0. The largest absolute Gasteiger partial charge is 1.00 e. The molecule has 0 aliphatic carbocycles. The van der Waals surface area contributed by atoms with Gasteiger partial charge < -0.3 is 1.43 Å². The molecular weight excluding hydrogens is 373 g/mol. The van der Waals surface area contributed by atoms with Crippen LogP contribution in [0.3, 0.4) is 0 Å². The van der Waals surface area contributed by atoms with E-state index in [1.54, 1.807) is 31.2 Å². The van der Waals surface area contributed by atoms with Gasteiger partial charge in [-0.1, -0.05) is 12.1 Å². The molecular formula is C20H13F2N4NaO. The van der Waals surface area contributed by atoms with Crippen molar-refractivity contribution in [3.05, 3.63) is 81.8 Å². The summed E-state index contributed by atoms with van der Waals surface area (Å²) in [6, 6.07) is 13.3. The number of aromatic amines is 1. The molecule has 0 fully saturated rings. The van der Waals surface area contributed by atoms with Crippen LogP contribution in [0.25, 0.3) is 28.0 Å². The maximum absolute atomic E-state index is 14.3. The Kier molecular flexibility index (Phi) is 5.47. The number of nitriles is 1. The van der Waals surface area contributed by atoms with Crippen LogP contribution in [0.15, 0.2) is 53.3 Å². The molecule has 28 heavy (non-hydrogen) atoms. The topological polar surface area (TPSA) is 73.9 Å². The molecule has 0 saturated heterocycles. The minimum absolute atomic E-state index is 0. The van der Waals surface area contributed by atoms with Crippen molar-refractivity contribution >= 4 is 5.65 Å². The normalized spacial score (nSPS) is 10.5. The van der Waals surface area contributed by atoms with E-state index >= 15 is 0 Å². The van der Waals surface area contributed by atoms with Crippen molar-refractivity contribution in [2.45, 2.75) is 6.92 Å². The molecule has 4 aromatic rings. The second kappa shape index (κ2) is 7.68. The van der Waals surface area contributed by atoms with Gasteiger partial charge in [0.15, 0.2) is 5.65 Å². The van der Waals surface area contributed by atoms with E-state index in [1.807, 2.05) is 6.07 Å². The summed E-state index contributed by atoms with van der Waals surface area (Å²) in [5.74, 6) is -1.42. The first-order valence-corrected chi connectivity index (χ1v) is 8.06. The zero-order chi connectivity index (χ0) is 19.1. The summed E-state index contributed by atoms with van der Waals surface area (Å²) in [5, 5.41) is 11.8. The van der Waals surface area contributed by atoms with Crippen LogP contribution in [0.2, 0.25) is 0 Å². The Balaban J connectivity index is 0.00000150. The maximum atomic E-state index is 14.3. The SMILES string of the molecule is Cc1[nH]n2c(=O)cc(-c3ccc(C#N)cc3)nc2c1-c1ccc(F)cc1F.[H-].[Na+]. The van der Waals surface area contributed by atoms with Gasteiger partial charge in [-0.05, 0) is 31.2 Å². The van der Waals surface area contributed by atoms with E-state index in [4.69, 9.17) is 5.26 Å². The summed E-state index contributed by atoms with van der Waals surface area (Å²) < 4.78 is 28.8. The van der Waals surface area contributed by atoms with E-state index in [1.165, 1.54) is 16.6 Å². The average Bonchev–Trinajstić information content (AvgIpc) is 2.98. The molecule has 0 bridgehead atoms. The van der Waals surface area contributed by atoms with E-state index in [2.05, 4.69) is 10.1 Å². The number of aryl methyl sites for hydroxylation is 1. The number of hydrogen-bond acceptors (Lipinski definition) is 3. The molecule has 0 unspecified atom stereocenters. The number of H-pyrrole nitrogens is 1. The number of hydrogen-bond donors (Lipinski definition) is 1. The van der Waals surface area contributed by atoms with E-state index in [0.29, 0.717) is 28.1 Å². The number of fused-ring (bicyclic) bond motifs is 1. The number of rotatable bonds is 2. The Labute approximate surface area is 182 Å². The third kappa shape index (κ3) is 3.38. The Morgan fingerprint density at radius 3 is 2.50 bits per heavy atom. The van der Waals surface area contributed by atoms with Crippen molar-refractivity contribution in [1.29, 1.82) is 5.26 Å². The molecule has 0 aliphatic heterocycles. The van der Waals surface area contributed by atoms with E-state index in [0.717, 1.165) is 12.1 Å². The Morgan fingerprint density at radius 1 is 1.14 bits per heavy atom. The number of halogens is 2. The fraction of sp³-hybridized carbons (Fsp3) is 0.0500. The second-order valence-corrected chi connectivity index (χ2v) is 6.06. The molecule has 8 heteroatoms. The summed E-state index contributed by atoms with van der Waals surface area (Å²) in [4.78, 5) is 17.0. The molecule has 0 amide bonds. The van der Waals surface area contributed by atoms with Gasteiger partial charge in [-0.15, -0.1) is 0 Å². The van der Waals surface area contributed by atoms with Gasteiger partial charge in [0.05, 0.1) is 17.3 Å². The van der Waals surface area contributed by atoms with Gasteiger partial charge in [-0.3, -0.25) is 9.89 Å². The van der Waals surface area contributed by atoms with Crippen LogP contribution >= 0.6 is 0 Å². The van der Waals surface area contributed by atoms with Crippen molar-refractivity contribution in [3.63, 3.8) is 0 Å². The summed E-state index contributed by atoms with van der Waals surface area (Å²) in [7, 11) is 0. The monoisotopic (exact) mass is 386 g/mol. The smallest absolute Gasteiger partial charge is 1.00 e. The maximum Gasteiger partial charge on any atom is 1.00 e. The number of nitrogens with one attached hydrogen (secondary N) is 1. The van der Waals surface area contributed by atoms with Crippen molar-refractivity contribution in [3.8, 4) is 28.5 Å². The van der Waals surface area contributed by atoms with Crippen molar-refractivity contribution in [1.82, 2.24) is 14.6 Å². The van der Waals surface area contributed by atoms with Gasteiger partial charge in [-0.25, -0.2) is 18.3 Å². The van der Waals surface area contributed by atoms with Gasteiger partial charge in [0.2, 0.25) is 0 Å². The van der Waals surface area contributed by atoms with E-state index in [9.17, 15) is 13.6 Å². The number of aromatic nitrogens is 3. The van der Waals surface area contributed by atoms with Crippen LogP contribution in [0, 0.1) is 29.9 Å². The first kappa shape index (κ1) is 20.0. The minimum atomic E-state index is -0.738. The van der Waals surface area contributed by atoms with Gasteiger partial charge in [0.25, 0.3) is 5.56 Å². The minimum Gasteiger partial charge on any atom is -1.00 e. The van der Waals surface area contributed by atoms with Gasteiger partial charge in [-0.2, -0.15) is 5.26 Å².